The fourth-order valence-electron chi connectivity index (χ4n) is 1.68. The lowest BCUT2D eigenvalue weighted by Crippen LogP contribution is -2.37. The number of rotatable bonds is 4. The number of aromatic nitrogens is 1. The molecular formula is C13H12BrN3O3. The Morgan fingerprint density at radius 1 is 1.40 bits per heavy atom. The highest BCUT2D eigenvalue weighted by molar-refractivity contribution is 9.10. The molecule has 0 aliphatic heterocycles. The molecule has 1 aromatic heterocycles. The molecule has 104 valence electrons. The van der Waals surface area contributed by atoms with Crippen LogP contribution < -0.4 is 11.1 Å². The molecule has 1 aromatic carbocycles. The largest absolute Gasteiger partial charge is 0.368 e. The first-order valence-corrected chi connectivity index (χ1v) is 6.55. The van der Waals surface area contributed by atoms with E-state index in [9.17, 15) is 9.59 Å². The Kier molecular flexibility index (Phi) is 4.19. The maximum atomic E-state index is 12.0. The molecule has 2 rings (SSSR count). The Hall–Kier alpha value is -2.15. The van der Waals surface area contributed by atoms with Gasteiger partial charge in [0.15, 0.2) is 5.69 Å². The summed E-state index contributed by atoms with van der Waals surface area (Å²) in [7, 11) is 0. The number of carbonyl (C=O) groups excluding carboxylic acids is 2. The van der Waals surface area contributed by atoms with E-state index in [0.29, 0.717) is 11.3 Å². The minimum Gasteiger partial charge on any atom is -0.368 e. The molecule has 0 radical (unpaired) electrons. The Morgan fingerprint density at radius 3 is 2.70 bits per heavy atom. The zero-order valence-electron chi connectivity index (χ0n) is 10.6. The number of nitrogens with zero attached hydrogens (tertiary/aromatic N) is 1. The van der Waals surface area contributed by atoms with Crippen LogP contribution in [0.25, 0.3) is 0 Å². The number of benzene rings is 1. The van der Waals surface area contributed by atoms with Crippen LogP contribution >= 0.6 is 15.9 Å². The quantitative estimate of drug-likeness (QED) is 0.886. The summed E-state index contributed by atoms with van der Waals surface area (Å²) in [6.45, 7) is 1.67. The van der Waals surface area contributed by atoms with E-state index in [1.165, 1.54) is 6.07 Å². The van der Waals surface area contributed by atoms with Crippen molar-refractivity contribution >= 4 is 27.7 Å². The molecule has 0 spiro atoms. The van der Waals surface area contributed by atoms with Gasteiger partial charge in [-0.05, 0) is 24.6 Å². The van der Waals surface area contributed by atoms with Crippen LogP contribution in [0, 0.1) is 6.92 Å². The van der Waals surface area contributed by atoms with Crippen molar-refractivity contribution < 1.29 is 14.1 Å². The Bertz CT molecular complexity index is 654. The van der Waals surface area contributed by atoms with Crippen LogP contribution in [-0.2, 0) is 4.79 Å². The van der Waals surface area contributed by atoms with Crippen molar-refractivity contribution in [3.8, 4) is 0 Å². The number of hydrogen-bond donors (Lipinski definition) is 2. The predicted octanol–water partition coefficient (Wildman–Crippen LogP) is 1.70. The fraction of sp³-hybridized carbons (Fsp3) is 0.154. The zero-order chi connectivity index (χ0) is 14.7. The van der Waals surface area contributed by atoms with Crippen molar-refractivity contribution in [1.82, 2.24) is 10.5 Å². The predicted molar refractivity (Wildman–Crippen MR) is 74.8 cm³/mol. The third-order valence-corrected chi connectivity index (χ3v) is 3.10. The van der Waals surface area contributed by atoms with Gasteiger partial charge in [0.05, 0.1) is 0 Å². The smallest absolute Gasteiger partial charge is 0.274 e. The van der Waals surface area contributed by atoms with Crippen molar-refractivity contribution in [2.24, 2.45) is 5.73 Å². The third kappa shape index (κ3) is 3.24. The van der Waals surface area contributed by atoms with Gasteiger partial charge in [0, 0.05) is 10.5 Å². The van der Waals surface area contributed by atoms with Gasteiger partial charge in [0.25, 0.3) is 5.91 Å². The van der Waals surface area contributed by atoms with Gasteiger partial charge in [-0.1, -0.05) is 33.2 Å². The summed E-state index contributed by atoms with van der Waals surface area (Å²) in [6.07, 6.45) is 0. The number of carbonyl (C=O) groups is 2. The van der Waals surface area contributed by atoms with Crippen molar-refractivity contribution in [2.75, 3.05) is 0 Å². The highest BCUT2D eigenvalue weighted by Crippen LogP contribution is 2.18. The average Bonchev–Trinajstić information content (AvgIpc) is 2.82. The topological polar surface area (TPSA) is 98.2 Å². The summed E-state index contributed by atoms with van der Waals surface area (Å²) in [4.78, 5) is 23.5. The molecule has 20 heavy (non-hydrogen) atoms. The van der Waals surface area contributed by atoms with E-state index in [2.05, 4.69) is 26.4 Å². The number of nitrogens with one attached hydrogen (secondary N) is 1. The maximum Gasteiger partial charge on any atom is 0.274 e. The van der Waals surface area contributed by atoms with Crippen LogP contribution in [0.4, 0.5) is 0 Å². The van der Waals surface area contributed by atoms with Crippen molar-refractivity contribution in [3.63, 3.8) is 0 Å². The number of aryl methyl sites for hydroxylation is 1. The number of hydrogen-bond acceptors (Lipinski definition) is 4. The van der Waals surface area contributed by atoms with Gasteiger partial charge in [0.2, 0.25) is 5.91 Å². The lowest BCUT2D eigenvalue weighted by molar-refractivity contribution is -0.120. The summed E-state index contributed by atoms with van der Waals surface area (Å²) >= 11 is 3.30. The van der Waals surface area contributed by atoms with Gasteiger partial charge in [-0.15, -0.1) is 0 Å². The molecule has 0 aliphatic carbocycles. The molecule has 0 fully saturated rings. The van der Waals surface area contributed by atoms with Gasteiger partial charge >= 0.3 is 0 Å². The highest BCUT2D eigenvalue weighted by Gasteiger charge is 2.22. The van der Waals surface area contributed by atoms with E-state index in [0.717, 1.165) is 4.47 Å². The molecule has 0 aliphatic rings. The van der Waals surface area contributed by atoms with Gasteiger partial charge in [0.1, 0.15) is 11.8 Å². The second-order valence-electron chi connectivity index (χ2n) is 4.19. The second-order valence-corrected chi connectivity index (χ2v) is 5.10. The number of amides is 2. The fourth-order valence-corrected chi connectivity index (χ4v) is 2.10. The van der Waals surface area contributed by atoms with Crippen LogP contribution in [0.2, 0.25) is 0 Å². The highest BCUT2D eigenvalue weighted by atomic mass is 79.9. The summed E-state index contributed by atoms with van der Waals surface area (Å²) in [5.41, 5.74) is 6.02. The molecule has 2 amide bonds. The van der Waals surface area contributed by atoms with Gasteiger partial charge in [-0.2, -0.15) is 0 Å². The molecule has 2 aromatic rings. The van der Waals surface area contributed by atoms with Crippen molar-refractivity contribution in [2.45, 2.75) is 13.0 Å². The zero-order valence-corrected chi connectivity index (χ0v) is 12.2. The molecule has 0 saturated heterocycles. The molecule has 0 saturated carbocycles. The van der Waals surface area contributed by atoms with Crippen LogP contribution in [0.3, 0.4) is 0 Å². The van der Waals surface area contributed by atoms with Crippen molar-refractivity contribution in [3.05, 3.63) is 51.8 Å². The molecule has 0 bridgehead atoms. The molecule has 3 N–H and O–H groups in total. The molecule has 6 nitrogen and oxygen atoms in total. The van der Waals surface area contributed by atoms with E-state index in [1.807, 2.05) is 6.07 Å². The molecule has 7 heteroatoms. The average molecular weight is 338 g/mol. The molecular weight excluding hydrogens is 326 g/mol. The van der Waals surface area contributed by atoms with Crippen LogP contribution in [0.5, 0.6) is 0 Å². The minimum absolute atomic E-state index is 0.101. The van der Waals surface area contributed by atoms with E-state index in [4.69, 9.17) is 10.3 Å². The molecule has 1 atom stereocenters. The van der Waals surface area contributed by atoms with Crippen LogP contribution in [0.15, 0.2) is 39.3 Å². The summed E-state index contributed by atoms with van der Waals surface area (Å²) in [5, 5.41) is 6.12. The molecule has 0 unspecified atom stereocenters. The normalized spacial score (nSPS) is 11.9. The standard InChI is InChI=1S/C13H12BrN3O3/c1-7-5-10(17-20-7)13(19)16-11(12(15)18)8-3-2-4-9(14)6-8/h2-6,11H,1H3,(H2,15,18)(H,16,19)/t11-/m1/s1. The number of halogens is 1. The van der Waals surface area contributed by atoms with E-state index in [-0.39, 0.29) is 5.69 Å². The summed E-state index contributed by atoms with van der Waals surface area (Å²) < 4.78 is 5.60. The van der Waals surface area contributed by atoms with Gasteiger partial charge in [-0.25, -0.2) is 0 Å². The van der Waals surface area contributed by atoms with Crippen LogP contribution in [0.1, 0.15) is 27.9 Å². The molecule has 1 heterocycles. The number of primary amides is 1. The lowest BCUT2D eigenvalue weighted by Gasteiger charge is -2.15. The second kappa shape index (κ2) is 5.87. The van der Waals surface area contributed by atoms with Gasteiger partial charge < -0.3 is 15.6 Å². The lowest BCUT2D eigenvalue weighted by atomic mass is 10.1. The maximum absolute atomic E-state index is 12.0. The minimum atomic E-state index is -0.933. The first-order chi connectivity index (χ1) is 9.47. The first kappa shape index (κ1) is 14.3. The van der Waals surface area contributed by atoms with Crippen LogP contribution in [-0.4, -0.2) is 17.0 Å². The Balaban J connectivity index is 2.22. The first-order valence-electron chi connectivity index (χ1n) is 5.76. The Labute approximate surface area is 123 Å². The monoisotopic (exact) mass is 337 g/mol. The third-order valence-electron chi connectivity index (χ3n) is 2.60. The Morgan fingerprint density at radius 2 is 2.15 bits per heavy atom. The van der Waals surface area contributed by atoms with E-state index < -0.39 is 17.9 Å². The van der Waals surface area contributed by atoms with E-state index >= 15 is 0 Å². The number of nitrogens with two attached hydrogens (primary N) is 1. The van der Waals surface area contributed by atoms with E-state index in [1.54, 1.807) is 25.1 Å². The SMILES string of the molecule is Cc1cc(C(=O)N[C@@H](C(N)=O)c2cccc(Br)c2)no1. The van der Waals surface area contributed by atoms with Crippen molar-refractivity contribution in [1.29, 1.82) is 0 Å². The van der Waals surface area contributed by atoms with Gasteiger partial charge in [-0.3, -0.25) is 9.59 Å². The summed E-state index contributed by atoms with van der Waals surface area (Å²) in [5.74, 6) is -0.671. The summed E-state index contributed by atoms with van der Waals surface area (Å²) in [6, 6.07) is 7.52.